The lowest BCUT2D eigenvalue weighted by Crippen LogP contribution is -2.11. The van der Waals surface area contributed by atoms with E-state index in [9.17, 15) is 4.79 Å². The molecule has 0 aromatic heterocycles. The van der Waals surface area contributed by atoms with Gasteiger partial charge in [-0.2, -0.15) is 0 Å². The quantitative estimate of drug-likeness (QED) is 0.553. The Kier molecular flexibility index (Phi) is 6.29. The molecule has 0 saturated carbocycles. The summed E-state index contributed by atoms with van der Waals surface area (Å²) in [6.07, 6.45) is 1.95. The van der Waals surface area contributed by atoms with E-state index in [1.54, 1.807) is 24.3 Å². The summed E-state index contributed by atoms with van der Waals surface area (Å²) < 4.78 is 5.76. The standard InChI is InChI=1S/C22H20ClNO2/c23-19-10-8-18(9-11-19)22(25)24-20-12-14-21(15-13-20)26-16-4-7-17-5-2-1-3-6-17/h1-3,5-6,8-15H,4,7,16H2,(H,24,25). The van der Waals surface area contributed by atoms with Crippen molar-refractivity contribution in [2.75, 3.05) is 11.9 Å². The van der Waals surface area contributed by atoms with Crippen molar-refractivity contribution in [3.05, 3.63) is 95.0 Å². The molecule has 0 radical (unpaired) electrons. The summed E-state index contributed by atoms with van der Waals surface area (Å²) in [7, 11) is 0. The second-order valence-electron chi connectivity index (χ2n) is 5.92. The number of carbonyl (C=O) groups excluding carboxylic acids is 1. The highest BCUT2D eigenvalue weighted by Crippen LogP contribution is 2.17. The number of nitrogens with one attached hydrogen (secondary N) is 1. The fourth-order valence-corrected chi connectivity index (χ4v) is 2.68. The van der Waals surface area contributed by atoms with Crippen LogP contribution in [0.2, 0.25) is 5.02 Å². The van der Waals surface area contributed by atoms with Gasteiger partial charge in [-0.15, -0.1) is 0 Å². The van der Waals surface area contributed by atoms with E-state index in [0.717, 1.165) is 24.3 Å². The maximum atomic E-state index is 12.2. The van der Waals surface area contributed by atoms with Gasteiger partial charge >= 0.3 is 0 Å². The second-order valence-corrected chi connectivity index (χ2v) is 6.36. The molecule has 132 valence electrons. The minimum absolute atomic E-state index is 0.168. The van der Waals surface area contributed by atoms with Crippen molar-refractivity contribution >= 4 is 23.2 Å². The van der Waals surface area contributed by atoms with E-state index in [1.807, 2.05) is 42.5 Å². The van der Waals surface area contributed by atoms with E-state index in [0.29, 0.717) is 17.2 Å². The van der Waals surface area contributed by atoms with Gasteiger partial charge in [0.05, 0.1) is 6.61 Å². The SMILES string of the molecule is O=C(Nc1ccc(OCCCc2ccccc2)cc1)c1ccc(Cl)cc1. The van der Waals surface area contributed by atoms with Gasteiger partial charge in [0.1, 0.15) is 5.75 Å². The van der Waals surface area contributed by atoms with E-state index in [-0.39, 0.29) is 5.91 Å². The zero-order valence-electron chi connectivity index (χ0n) is 14.3. The van der Waals surface area contributed by atoms with Gasteiger partial charge in [0, 0.05) is 16.3 Å². The average Bonchev–Trinajstić information content (AvgIpc) is 2.68. The molecule has 3 nitrogen and oxygen atoms in total. The number of anilines is 1. The van der Waals surface area contributed by atoms with Crippen LogP contribution in [-0.4, -0.2) is 12.5 Å². The molecule has 3 aromatic carbocycles. The van der Waals surface area contributed by atoms with Crippen LogP contribution in [0.25, 0.3) is 0 Å². The summed E-state index contributed by atoms with van der Waals surface area (Å²) in [5.41, 5.74) is 2.61. The summed E-state index contributed by atoms with van der Waals surface area (Å²) >= 11 is 5.84. The van der Waals surface area contributed by atoms with Crippen molar-refractivity contribution in [2.45, 2.75) is 12.8 Å². The highest BCUT2D eigenvalue weighted by molar-refractivity contribution is 6.30. The van der Waals surface area contributed by atoms with Crippen LogP contribution in [0.15, 0.2) is 78.9 Å². The Morgan fingerprint density at radius 1 is 0.885 bits per heavy atom. The molecule has 0 spiro atoms. The molecule has 3 rings (SSSR count). The normalized spacial score (nSPS) is 10.3. The van der Waals surface area contributed by atoms with Crippen molar-refractivity contribution < 1.29 is 9.53 Å². The molecule has 0 unspecified atom stereocenters. The number of hydrogen-bond donors (Lipinski definition) is 1. The minimum atomic E-state index is -0.168. The smallest absolute Gasteiger partial charge is 0.255 e. The molecule has 0 atom stereocenters. The van der Waals surface area contributed by atoms with Gasteiger partial charge in [-0.25, -0.2) is 0 Å². The largest absolute Gasteiger partial charge is 0.494 e. The molecule has 3 aromatic rings. The first kappa shape index (κ1) is 18.0. The molecule has 1 N–H and O–H groups in total. The molecular formula is C22H20ClNO2. The molecule has 1 amide bonds. The number of aryl methyl sites for hydroxylation is 1. The van der Waals surface area contributed by atoms with E-state index in [4.69, 9.17) is 16.3 Å². The Hall–Kier alpha value is -2.78. The zero-order chi connectivity index (χ0) is 18.2. The van der Waals surface area contributed by atoms with Gasteiger partial charge in [-0.3, -0.25) is 4.79 Å². The van der Waals surface area contributed by atoms with Crippen LogP contribution in [0.3, 0.4) is 0 Å². The first-order chi connectivity index (χ1) is 12.7. The van der Waals surface area contributed by atoms with Crippen molar-refractivity contribution in [1.29, 1.82) is 0 Å². The van der Waals surface area contributed by atoms with Crippen molar-refractivity contribution in [1.82, 2.24) is 0 Å². The highest BCUT2D eigenvalue weighted by Gasteiger charge is 2.06. The van der Waals surface area contributed by atoms with Gasteiger partial charge < -0.3 is 10.1 Å². The Bertz CT molecular complexity index is 830. The molecule has 0 aliphatic carbocycles. The summed E-state index contributed by atoms with van der Waals surface area (Å²) in [5.74, 6) is 0.626. The van der Waals surface area contributed by atoms with Crippen molar-refractivity contribution in [3.63, 3.8) is 0 Å². The number of amides is 1. The Balaban J connectivity index is 1.45. The summed E-state index contributed by atoms with van der Waals surface area (Å²) in [4.78, 5) is 12.2. The number of benzene rings is 3. The first-order valence-electron chi connectivity index (χ1n) is 8.54. The Morgan fingerprint density at radius 2 is 1.58 bits per heavy atom. The van der Waals surface area contributed by atoms with Gasteiger partial charge in [0.15, 0.2) is 0 Å². The number of rotatable bonds is 7. The lowest BCUT2D eigenvalue weighted by atomic mass is 10.1. The fourth-order valence-electron chi connectivity index (χ4n) is 2.55. The van der Waals surface area contributed by atoms with Crippen molar-refractivity contribution in [3.8, 4) is 5.75 Å². The molecule has 0 aliphatic rings. The number of hydrogen-bond acceptors (Lipinski definition) is 2. The lowest BCUT2D eigenvalue weighted by Gasteiger charge is -2.09. The van der Waals surface area contributed by atoms with Gasteiger partial charge in [-0.05, 0) is 66.9 Å². The molecule has 0 saturated heterocycles. The van der Waals surface area contributed by atoms with E-state index >= 15 is 0 Å². The van der Waals surface area contributed by atoms with Crippen LogP contribution in [0.5, 0.6) is 5.75 Å². The molecule has 0 heterocycles. The van der Waals surface area contributed by atoms with Crippen LogP contribution < -0.4 is 10.1 Å². The average molecular weight is 366 g/mol. The summed E-state index contributed by atoms with van der Waals surface area (Å²) in [5, 5.41) is 3.46. The second kappa shape index (κ2) is 9.07. The highest BCUT2D eigenvalue weighted by atomic mass is 35.5. The van der Waals surface area contributed by atoms with E-state index in [2.05, 4.69) is 17.4 Å². The summed E-state index contributed by atoms with van der Waals surface area (Å²) in [6, 6.07) is 24.5. The third-order valence-electron chi connectivity index (χ3n) is 3.94. The van der Waals surface area contributed by atoms with Crippen LogP contribution >= 0.6 is 11.6 Å². The Labute approximate surface area is 158 Å². The number of carbonyl (C=O) groups is 1. The van der Waals surface area contributed by atoms with Gasteiger partial charge in [0.2, 0.25) is 0 Å². The summed E-state index contributed by atoms with van der Waals surface area (Å²) in [6.45, 7) is 0.658. The lowest BCUT2D eigenvalue weighted by molar-refractivity contribution is 0.102. The monoisotopic (exact) mass is 365 g/mol. The van der Waals surface area contributed by atoms with Crippen LogP contribution in [0.4, 0.5) is 5.69 Å². The predicted octanol–water partition coefficient (Wildman–Crippen LogP) is 5.60. The third-order valence-corrected chi connectivity index (χ3v) is 4.19. The maximum absolute atomic E-state index is 12.2. The minimum Gasteiger partial charge on any atom is -0.494 e. The fraction of sp³-hybridized carbons (Fsp3) is 0.136. The van der Waals surface area contributed by atoms with E-state index < -0.39 is 0 Å². The van der Waals surface area contributed by atoms with Crippen molar-refractivity contribution in [2.24, 2.45) is 0 Å². The van der Waals surface area contributed by atoms with Crippen LogP contribution in [-0.2, 0) is 6.42 Å². The van der Waals surface area contributed by atoms with Crippen LogP contribution in [0, 0.1) is 0 Å². The number of ether oxygens (including phenoxy) is 1. The molecule has 26 heavy (non-hydrogen) atoms. The van der Waals surface area contributed by atoms with Gasteiger partial charge in [0.25, 0.3) is 5.91 Å². The topological polar surface area (TPSA) is 38.3 Å². The van der Waals surface area contributed by atoms with Gasteiger partial charge in [-0.1, -0.05) is 41.9 Å². The third kappa shape index (κ3) is 5.36. The van der Waals surface area contributed by atoms with E-state index in [1.165, 1.54) is 5.56 Å². The Morgan fingerprint density at radius 3 is 2.27 bits per heavy atom. The first-order valence-corrected chi connectivity index (χ1v) is 8.92. The molecule has 0 fully saturated rings. The number of halogens is 1. The molecular weight excluding hydrogens is 346 g/mol. The predicted molar refractivity (Wildman–Crippen MR) is 106 cm³/mol. The van der Waals surface area contributed by atoms with Crippen LogP contribution in [0.1, 0.15) is 22.3 Å². The molecule has 0 bridgehead atoms. The molecule has 4 heteroatoms. The zero-order valence-corrected chi connectivity index (χ0v) is 15.1. The molecule has 0 aliphatic heterocycles. The maximum Gasteiger partial charge on any atom is 0.255 e.